The van der Waals surface area contributed by atoms with Gasteiger partial charge in [-0.15, -0.1) is 0 Å². The maximum Gasteiger partial charge on any atom is 0.251 e. The van der Waals surface area contributed by atoms with Gasteiger partial charge in [-0.2, -0.15) is 0 Å². The summed E-state index contributed by atoms with van der Waals surface area (Å²) in [7, 11) is 0. The molecule has 0 saturated heterocycles. The van der Waals surface area contributed by atoms with Gasteiger partial charge in [-0.1, -0.05) is 42.5 Å². The van der Waals surface area contributed by atoms with Crippen LogP contribution in [-0.2, 0) is 6.42 Å². The molecule has 0 atom stereocenters. The predicted molar refractivity (Wildman–Crippen MR) is 67.9 cm³/mol. The van der Waals surface area contributed by atoms with Gasteiger partial charge in [0.25, 0.3) is 5.91 Å². The van der Waals surface area contributed by atoms with Gasteiger partial charge in [0.2, 0.25) is 0 Å². The van der Waals surface area contributed by atoms with Crippen molar-refractivity contribution in [3.8, 4) is 11.1 Å². The third-order valence-corrected chi connectivity index (χ3v) is 3.14. The Morgan fingerprint density at radius 1 is 0.941 bits per heavy atom. The monoisotopic (exact) mass is 223 g/mol. The van der Waals surface area contributed by atoms with Crippen molar-refractivity contribution in [1.82, 2.24) is 5.32 Å². The van der Waals surface area contributed by atoms with E-state index in [4.69, 9.17) is 0 Å². The summed E-state index contributed by atoms with van der Waals surface area (Å²) in [6.45, 7) is 0.740. The van der Waals surface area contributed by atoms with Crippen LogP contribution in [0, 0.1) is 0 Å². The molecule has 84 valence electrons. The highest BCUT2D eigenvalue weighted by molar-refractivity contribution is 5.97. The molecule has 2 aromatic rings. The molecule has 2 aromatic carbocycles. The van der Waals surface area contributed by atoms with Gasteiger partial charge < -0.3 is 5.32 Å². The van der Waals surface area contributed by atoms with Crippen molar-refractivity contribution in [2.45, 2.75) is 6.42 Å². The SMILES string of the molecule is O=C1NCCc2cc(-c3ccccc3)ccc21. The molecule has 1 aliphatic heterocycles. The normalized spacial score (nSPS) is 14.0. The first-order valence-electron chi connectivity index (χ1n) is 5.81. The van der Waals surface area contributed by atoms with Gasteiger partial charge in [-0.3, -0.25) is 4.79 Å². The quantitative estimate of drug-likeness (QED) is 0.791. The van der Waals surface area contributed by atoms with Gasteiger partial charge in [0.05, 0.1) is 0 Å². The lowest BCUT2D eigenvalue weighted by Crippen LogP contribution is -2.31. The Hall–Kier alpha value is -2.09. The zero-order valence-corrected chi connectivity index (χ0v) is 9.44. The third-order valence-electron chi connectivity index (χ3n) is 3.14. The van der Waals surface area contributed by atoms with Crippen LogP contribution in [-0.4, -0.2) is 12.5 Å². The average molecular weight is 223 g/mol. The molecule has 0 aliphatic carbocycles. The summed E-state index contributed by atoms with van der Waals surface area (Å²) in [6, 6.07) is 16.3. The highest BCUT2D eigenvalue weighted by Crippen LogP contribution is 2.23. The molecule has 0 fully saturated rings. The summed E-state index contributed by atoms with van der Waals surface area (Å²) in [5.41, 5.74) is 4.34. The van der Waals surface area contributed by atoms with E-state index in [1.165, 1.54) is 11.1 Å². The maximum atomic E-state index is 11.6. The number of nitrogens with one attached hydrogen (secondary N) is 1. The van der Waals surface area contributed by atoms with Crippen molar-refractivity contribution in [1.29, 1.82) is 0 Å². The van der Waals surface area contributed by atoms with E-state index in [2.05, 4.69) is 23.5 Å². The molecule has 1 N–H and O–H groups in total. The molecule has 0 saturated carbocycles. The predicted octanol–water partition coefficient (Wildman–Crippen LogP) is 2.64. The van der Waals surface area contributed by atoms with Crippen LogP contribution < -0.4 is 5.32 Å². The van der Waals surface area contributed by atoms with Crippen LogP contribution in [0.1, 0.15) is 15.9 Å². The summed E-state index contributed by atoms with van der Waals surface area (Å²) < 4.78 is 0. The van der Waals surface area contributed by atoms with Gasteiger partial charge in [-0.25, -0.2) is 0 Å². The molecule has 2 heteroatoms. The number of carbonyl (C=O) groups excluding carboxylic acids is 1. The van der Waals surface area contributed by atoms with Crippen LogP contribution in [0.2, 0.25) is 0 Å². The minimum atomic E-state index is 0.0471. The van der Waals surface area contributed by atoms with Crippen molar-refractivity contribution >= 4 is 5.91 Å². The lowest BCUT2D eigenvalue weighted by molar-refractivity contribution is 0.0946. The van der Waals surface area contributed by atoms with Crippen molar-refractivity contribution in [2.24, 2.45) is 0 Å². The first kappa shape index (κ1) is 10.1. The second kappa shape index (κ2) is 4.06. The van der Waals surface area contributed by atoms with Crippen LogP contribution in [0.15, 0.2) is 48.5 Å². The van der Waals surface area contributed by atoms with E-state index in [1.54, 1.807) is 0 Å². The van der Waals surface area contributed by atoms with E-state index in [1.807, 2.05) is 30.3 Å². The number of hydrogen-bond acceptors (Lipinski definition) is 1. The summed E-state index contributed by atoms with van der Waals surface area (Å²) >= 11 is 0. The summed E-state index contributed by atoms with van der Waals surface area (Å²) in [4.78, 5) is 11.6. The Balaban J connectivity index is 2.07. The zero-order valence-electron chi connectivity index (χ0n) is 9.44. The van der Waals surface area contributed by atoms with E-state index in [-0.39, 0.29) is 5.91 Å². The maximum absolute atomic E-state index is 11.6. The van der Waals surface area contributed by atoms with Crippen molar-refractivity contribution in [3.05, 3.63) is 59.7 Å². The molecule has 0 spiro atoms. The number of benzene rings is 2. The third kappa shape index (κ3) is 1.82. The standard InChI is InChI=1S/C15H13NO/c17-15-14-7-6-12(10-13(14)8-9-16-15)11-4-2-1-3-5-11/h1-7,10H,8-9H2,(H,16,17). The molecule has 3 rings (SSSR count). The Morgan fingerprint density at radius 2 is 1.76 bits per heavy atom. The fraction of sp³-hybridized carbons (Fsp3) is 0.133. The van der Waals surface area contributed by atoms with E-state index in [9.17, 15) is 4.79 Å². The van der Waals surface area contributed by atoms with Crippen LogP contribution in [0.4, 0.5) is 0 Å². The average Bonchev–Trinajstić information content (AvgIpc) is 2.40. The van der Waals surface area contributed by atoms with E-state index in [0.29, 0.717) is 0 Å². The molecule has 1 amide bonds. The molecule has 1 aliphatic rings. The molecular formula is C15H13NO. The highest BCUT2D eigenvalue weighted by Gasteiger charge is 2.16. The molecule has 17 heavy (non-hydrogen) atoms. The largest absolute Gasteiger partial charge is 0.352 e. The van der Waals surface area contributed by atoms with Crippen molar-refractivity contribution in [2.75, 3.05) is 6.54 Å². The molecule has 0 unspecified atom stereocenters. The Kier molecular flexibility index (Phi) is 2.41. The van der Waals surface area contributed by atoms with E-state index >= 15 is 0 Å². The van der Waals surface area contributed by atoms with Crippen molar-refractivity contribution in [3.63, 3.8) is 0 Å². The molecule has 1 heterocycles. The number of hydrogen-bond donors (Lipinski definition) is 1. The topological polar surface area (TPSA) is 29.1 Å². The van der Waals surface area contributed by atoms with Crippen molar-refractivity contribution < 1.29 is 4.79 Å². The molecule has 2 nitrogen and oxygen atoms in total. The Bertz CT molecular complexity index is 560. The lowest BCUT2D eigenvalue weighted by atomic mass is 9.95. The fourth-order valence-electron chi connectivity index (χ4n) is 2.24. The van der Waals surface area contributed by atoms with Crippen LogP contribution in [0.5, 0.6) is 0 Å². The number of carbonyl (C=O) groups is 1. The van der Waals surface area contributed by atoms with Gasteiger partial charge in [-0.05, 0) is 29.2 Å². The molecular weight excluding hydrogens is 210 g/mol. The smallest absolute Gasteiger partial charge is 0.251 e. The Labute approximate surface area is 100 Å². The fourth-order valence-corrected chi connectivity index (χ4v) is 2.24. The Morgan fingerprint density at radius 3 is 2.59 bits per heavy atom. The van der Waals surface area contributed by atoms with Gasteiger partial charge in [0.15, 0.2) is 0 Å². The minimum Gasteiger partial charge on any atom is -0.352 e. The summed E-state index contributed by atoms with van der Waals surface area (Å²) in [5.74, 6) is 0.0471. The number of amides is 1. The van der Waals surface area contributed by atoms with Crippen LogP contribution >= 0.6 is 0 Å². The molecule has 0 bridgehead atoms. The van der Waals surface area contributed by atoms with Crippen LogP contribution in [0.3, 0.4) is 0 Å². The molecule has 0 aromatic heterocycles. The second-order valence-corrected chi connectivity index (χ2v) is 4.24. The van der Waals surface area contributed by atoms with Gasteiger partial charge in [0, 0.05) is 12.1 Å². The van der Waals surface area contributed by atoms with E-state index < -0.39 is 0 Å². The zero-order chi connectivity index (χ0) is 11.7. The second-order valence-electron chi connectivity index (χ2n) is 4.24. The molecule has 0 radical (unpaired) electrons. The number of rotatable bonds is 1. The summed E-state index contributed by atoms with van der Waals surface area (Å²) in [6.07, 6.45) is 0.918. The van der Waals surface area contributed by atoms with Gasteiger partial charge >= 0.3 is 0 Å². The van der Waals surface area contributed by atoms with Gasteiger partial charge in [0.1, 0.15) is 0 Å². The minimum absolute atomic E-state index is 0.0471. The van der Waals surface area contributed by atoms with E-state index in [0.717, 1.165) is 24.1 Å². The summed E-state index contributed by atoms with van der Waals surface area (Å²) in [5, 5.41) is 2.86. The first-order valence-corrected chi connectivity index (χ1v) is 5.81. The number of fused-ring (bicyclic) bond motifs is 1. The highest BCUT2D eigenvalue weighted by atomic mass is 16.1. The first-order chi connectivity index (χ1) is 8.34. The lowest BCUT2D eigenvalue weighted by Gasteiger charge is -2.17. The van der Waals surface area contributed by atoms with Crippen LogP contribution in [0.25, 0.3) is 11.1 Å².